The van der Waals surface area contributed by atoms with Crippen LogP contribution in [0.15, 0.2) is 18.5 Å². The maximum absolute atomic E-state index is 9.17. The molecular weight excluding hydrogens is 246 g/mol. The highest BCUT2D eigenvalue weighted by atomic mass is 32.1. The number of piperidine rings is 1. The number of anilines is 1. The number of hydrogen-bond donors (Lipinski definition) is 2. The average Bonchev–Trinajstić information content (AvgIpc) is 2.40. The number of thiocarbonyl (C=S) groups is 1. The third kappa shape index (κ3) is 2.79. The van der Waals surface area contributed by atoms with Gasteiger partial charge in [-0.05, 0) is 31.7 Å². The minimum atomic E-state index is 0.212. The maximum Gasteiger partial charge on any atom is 0.106 e. The van der Waals surface area contributed by atoms with E-state index in [2.05, 4.69) is 9.88 Å². The summed E-state index contributed by atoms with van der Waals surface area (Å²) in [4.78, 5) is 6.87. The van der Waals surface area contributed by atoms with E-state index in [9.17, 15) is 0 Å². The third-order valence-electron chi connectivity index (χ3n) is 3.46. The molecule has 0 aromatic carbocycles. The first kappa shape index (κ1) is 13.2. The highest BCUT2D eigenvalue weighted by molar-refractivity contribution is 7.80. The molecule has 1 atom stereocenters. The molecule has 1 aromatic rings. The van der Waals surface area contributed by atoms with Crippen LogP contribution >= 0.6 is 12.2 Å². The molecule has 0 amide bonds. The lowest BCUT2D eigenvalue weighted by atomic mass is 9.98. The van der Waals surface area contributed by atoms with E-state index < -0.39 is 0 Å². The Morgan fingerprint density at radius 1 is 1.56 bits per heavy atom. The lowest BCUT2D eigenvalue weighted by Gasteiger charge is -2.38. The third-order valence-corrected chi connectivity index (χ3v) is 3.68. The van der Waals surface area contributed by atoms with Crippen LogP contribution < -0.4 is 10.6 Å². The normalized spacial score (nSPS) is 19.8. The highest BCUT2D eigenvalue weighted by Gasteiger charge is 2.24. The van der Waals surface area contributed by atoms with E-state index in [1.165, 1.54) is 6.42 Å². The topological polar surface area (TPSA) is 62.4 Å². The predicted octanol–water partition coefficient (Wildman–Crippen LogP) is 1.46. The Hall–Kier alpha value is -1.20. The van der Waals surface area contributed by atoms with Gasteiger partial charge in [-0.1, -0.05) is 12.2 Å². The van der Waals surface area contributed by atoms with E-state index >= 15 is 0 Å². The van der Waals surface area contributed by atoms with Crippen molar-refractivity contribution in [1.29, 1.82) is 0 Å². The predicted molar refractivity (Wildman–Crippen MR) is 76.8 cm³/mol. The fourth-order valence-electron chi connectivity index (χ4n) is 2.59. The number of hydrogen-bond acceptors (Lipinski definition) is 4. The number of aliphatic hydroxyl groups excluding tert-OH is 1. The Morgan fingerprint density at radius 2 is 2.39 bits per heavy atom. The van der Waals surface area contributed by atoms with E-state index in [1.807, 2.05) is 12.3 Å². The zero-order valence-corrected chi connectivity index (χ0v) is 11.2. The Kier molecular flexibility index (Phi) is 4.49. The minimum absolute atomic E-state index is 0.212. The van der Waals surface area contributed by atoms with Crippen molar-refractivity contribution in [3.63, 3.8) is 0 Å². The minimum Gasteiger partial charge on any atom is -0.396 e. The van der Waals surface area contributed by atoms with Crippen LogP contribution in [0.4, 0.5) is 5.69 Å². The van der Waals surface area contributed by atoms with Gasteiger partial charge in [-0.2, -0.15) is 0 Å². The Balaban J connectivity index is 2.30. The Labute approximate surface area is 113 Å². The van der Waals surface area contributed by atoms with Gasteiger partial charge < -0.3 is 15.7 Å². The molecule has 4 nitrogen and oxygen atoms in total. The molecule has 1 aliphatic heterocycles. The number of rotatable bonds is 4. The van der Waals surface area contributed by atoms with Gasteiger partial charge in [-0.25, -0.2) is 0 Å². The van der Waals surface area contributed by atoms with Crippen LogP contribution in [0, 0.1) is 0 Å². The summed E-state index contributed by atoms with van der Waals surface area (Å²) in [6, 6.07) is 2.23. The monoisotopic (exact) mass is 265 g/mol. The summed E-state index contributed by atoms with van der Waals surface area (Å²) >= 11 is 5.10. The van der Waals surface area contributed by atoms with Crippen molar-refractivity contribution in [2.75, 3.05) is 18.1 Å². The number of aliphatic hydroxyl groups is 1. The van der Waals surface area contributed by atoms with Crippen molar-refractivity contribution in [3.05, 3.63) is 24.0 Å². The summed E-state index contributed by atoms with van der Waals surface area (Å²) in [5.41, 5.74) is 7.65. The number of nitrogens with two attached hydrogens (primary N) is 1. The zero-order chi connectivity index (χ0) is 13.0. The summed E-state index contributed by atoms with van der Waals surface area (Å²) in [5.74, 6) is 0. The van der Waals surface area contributed by atoms with E-state index in [1.54, 1.807) is 6.20 Å². The average molecular weight is 265 g/mol. The van der Waals surface area contributed by atoms with E-state index in [0.29, 0.717) is 11.0 Å². The molecule has 5 heteroatoms. The highest BCUT2D eigenvalue weighted by Crippen LogP contribution is 2.28. The van der Waals surface area contributed by atoms with Gasteiger partial charge in [0.15, 0.2) is 0 Å². The number of aromatic nitrogens is 1. The second-order valence-corrected chi connectivity index (χ2v) is 5.05. The molecule has 18 heavy (non-hydrogen) atoms. The van der Waals surface area contributed by atoms with Gasteiger partial charge in [-0.3, -0.25) is 4.98 Å². The summed E-state index contributed by atoms with van der Waals surface area (Å²) in [6.07, 6.45) is 7.79. The van der Waals surface area contributed by atoms with Crippen molar-refractivity contribution in [2.45, 2.75) is 31.7 Å². The molecule has 3 N–H and O–H groups in total. The molecule has 1 aromatic heterocycles. The standard InChI is InChI=1S/C13H19N3OS/c14-13(18)11-4-6-15-9-12(11)16-7-2-1-3-10(16)5-8-17/h4,6,9-10,17H,1-3,5,7-8H2,(H2,14,18). The quantitative estimate of drug-likeness (QED) is 0.807. The van der Waals surface area contributed by atoms with E-state index in [0.717, 1.165) is 37.1 Å². The number of nitrogens with zero attached hydrogens (tertiary/aromatic N) is 2. The molecule has 0 bridgehead atoms. The van der Waals surface area contributed by atoms with Crippen molar-refractivity contribution in [1.82, 2.24) is 4.98 Å². The molecule has 1 unspecified atom stereocenters. The summed E-state index contributed by atoms with van der Waals surface area (Å²) in [5, 5.41) is 9.17. The first-order chi connectivity index (χ1) is 8.74. The molecule has 0 aliphatic carbocycles. The van der Waals surface area contributed by atoms with Crippen LogP contribution in [0.2, 0.25) is 0 Å². The molecule has 1 fully saturated rings. The van der Waals surface area contributed by atoms with E-state index in [-0.39, 0.29) is 6.61 Å². The second-order valence-electron chi connectivity index (χ2n) is 4.61. The lowest BCUT2D eigenvalue weighted by molar-refractivity contribution is 0.262. The molecule has 0 radical (unpaired) electrons. The van der Waals surface area contributed by atoms with Crippen LogP contribution in [-0.4, -0.2) is 34.3 Å². The van der Waals surface area contributed by atoms with Crippen LogP contribution in [0.1, 0.15) is 31.2 Å². The van der Waals surface area contributed by atoms with Gasteiger partial charge in [0.1, 0.15) is 4.99 Å². The first-order valence-corrected chi connectivity index (χ1v) is 6.76. The molecule has 1 aliphatic rings. The van der Waals surface area contributed by atoms with Gasteiger partial charge in [0.25, 0.3) is 0 Å². The largest absolute Gasteiger partial charge is 0.396 e. The second kappa shape index (κ2) is 6.11. The van der Waals surface area contributed by atoms with Gasteiger partial charge in [0.2, 0.25) is 0 Å². The summed E-state index contributed by atoms with van der Waals surface area (Å²) in [7, 11) is 0. The Bertz CT molecular complexity index is 422. The molecule has 1 saturated heterocycles. The van der Waals surface area contributed by atoms with Crippen LogP contribution in [0.25, 0.3) is 0 Å². The van der Waals surface area contributed by atoms with Crippen LogP contribution in [-0.2, 0) is 0 Å². The van der Waals surface area contributed by atoms with Gasteiger partial charge in [0, 0.05) is 31.0 Å². The smallest absolute Gasteiger partial charge is 0.106 e. The van der Waals surface area contributed by atoms with Crippen molar-refractivity contribution >= 4 is 22.9 Å². The van der Waals surface area contributed by atoms with Gasteiger partial charge >= 0.3 is 0 Å². The van der Waals surface area contributed by atoms with Gasteiger partial charge in [0.05, 0.1) is 11.9 Å². The van der Waals surface area contributed by atoms with E-state index in [4.69, 9.17) is 23.1 Å². The maximum atomic E-state index is 9.17. The van der Waals surface area contributed by atoms with Crippen LogP contribution in [0.5, 0.6) is 0 Å². The first-order valence-electron chi connectivity index (χ1n) is 6.35. The molecule has 0 spiro atoms. The lowest BCUT2D eigenvalue weighted by Crippen LogP contribution is -2.41. The van der Waals surface area contributed by atoms with Crippen molar-refractivity contribution in [3.8, 4) is 0 Å². The summed E-state index contributed by atoms with van der Waals surface area (Å²) < 4.78 is 0. The van der Waals surface area contributed by atoms with Gasteiger partial charge in [-0.15, -0.1) is 0 Å². The molecule has 98 valence electrons. The van der Waals surface area contributed by atoms with Crippen molar-refractivity contribution < 1.29 is 5.11 Å². The van der Waals surface area contributed by atoms with Crippen LogP contribution in [0.3, 0.4) is 0 Å². The Morgan fingerprint density at radius 3 is 3.11 bits per heavy atom. The fourth-order valence-corrected chi connectivity index (χ4v) is 2.76. The molecule has 2 rings (SSSR count). The molecule has 0 saturated carbocycles. The zero-order valence-electron chi connectivity index (χ0n) is 10.4. The SMILES string of the molecule is NC(=S)c1ccncc1N1CCCCC1CCO. The molecule has 2 heterocycles. The van der Waals surface area contributed by atoms with Crippen molar-refractivity contribution in [2.24, 2.45) is 5.73 Å². The molecular formula is C13H19N3OS. The fraction of sp³-hybridized carbons (Fsp3) is 0.538. The summed E-state index contributed by atoms with van der Waals surface area (Å²) in [6.45, 7) is 1.19. The number of pyridine rings is 1.